The summed E-state index contributed by atoms with van der Waals surface area (Å²) in [5.74, 6) is 4.73. The third-order valence-corrected chi connectivity index (χ3v) is 2.54. The molecule has 1 heterocycles. The van der Waals surface area contributed by atoms with Crippen LogP contribution in [0.5, 0.6) is 0 Å². The Bertz CT molecular complexity index is 667. The predicted molar refractivity (Wildman–Crippen MR) is 69.9 cm³/mol. The first-order valence-electron chi connectivity index (χ1n) is 5.43. The molecule has 4 N–H and O–H groups in total. The van der Waals surface area contributed by atoms with Gasteiger partial charge in [0.05, 0.1) is 4.92 Å². The van der Waals surface area contributed by atoms with Crippen molar-refractivity contribution >= 4 is 23.2 Å². The minimum Gasteiger partial charge on any atom is -0.324 e. The van der Waals surface area contributed by atoms with Gasteiger partial charge in [0.1, 0.15) is 11.9 Å². The van der Waals surface area contributed by atoms with Crippen molar-refractivity contribution in [3.63, 3.8) is 0 Å². The van der Waals surface area contributed by atoms with Gasteiger partial charge in [0.15, 0.2) is 0 Å². The number of rotatable bonds is 4. The lowest BCUT2D eigenvalue weighted by Gasteiger charge is -2.06. The zero-order valence-electron chi connectivity index (χ0n) is 10.4. The van der Waals surface area contributed by atoms with Crippen molar-refractivity contribution in [2.45, 2.75) is 0 Å². The lowest BCUT2D eigenvalue weighted by Crippen LogP contribution is -2.17. The van der Waals surface area contributed by atoms with Gasteiger partial charge in [-0.05, 0) is 12.1 Å². The topological polar surface area (TPSA) is 141 Å². The van der Waals surface area contributed by atoms with E-state index < -0.39 is 10.8 Å². The van der Waals surface area contributed by atoms with Crippen LogP contribution >= 0.6 is 0 Å². The summed E-state index contributed by atoms with van der Waals surface area (Å²) in [6.45, 7) is 0. The number of hydrogen-bond donors (Lipinski definition) is 3. The van der Waals surface area contributed by atoms with Crippen molar-refractivity contribution in [1.82, 2.24) is 14.8 Å². The number of anilines is 2. The molecule has 1 amide bonds. The number of nitrogen functional groups attached to an aromatic ring is 1. The molecule has 2 aromatic rings. The van der Waals surface area contributed by atoms with Crippen LogP contribution in [0.25, 0.3) is 0 Å². The quantitative estimate of drug-likeness (QED) is 0.413. The SMILES string of the molecule is Cn1ncnc1NC(=O)c1cc(NN)ccc1[N+](=O)[O-]. The summed E-state index contributed by atoms with van der Waals surface area (Å²) >= 11 is 0. The number of benzene rings is 1. The second kappa shape index (κ2) is 5.32. The van der Waals surface area contributed by atoms with Crippen LogP contribution in [0.15, 0.2) is 24.5 Å². The Morgan fingerprint density at radius 1 is 1.50 bits per heavy atom. The Morgan fingerprint density at radius 2 is 2.25 bits per heavy atom. The molecule has 0 bridgehead atoms. The zero-order chi connectivity index (χ0) is 14.7. The third kappa shape index (κ3) is 2.54. The van der Waals surface area contributed by atoms with Crippen LogP contribution in [-0.2, 0) is 7.05 Å². The van der Waals surface area contributed by atoms with Crippen molar-refractivity contribution in [2.24, 2.45) is 12.9 Å². The molecule has 0 fully saturated rings. The molecule has 0 aliphatic heterocycles. The Morgan fingerprint density at radius 3 is 2.80 bits per heavy atom. The van der Waals surface area contributed by atoms with Gasteiger partial charge in [-0.25, -0.2) is 4.68 Å². The number of aryl methyl sites for hydroxylation is 1. The molecular formula is C10H11N7O3. The number of carbonyl (C=O) groups is 1. The Balaban J connectivity index is 2.37. The number of hydrogen-bond acceptors (Lipinski definition) is 7. The second-order valence-corrected chi connectivity index (χ2v) is 3.79. The zero-order valence-corrected chi connectivity index (χ0v) is 10.4. The van der Waals surface area contributed by atoms with Gasteiger partial charge >= 0.3 is 0 Å². The molecule has 2 rings (SSSR count). The maximum atomic E-state index is 12.1. The molecule has 0 unspecified atom stereocenters. The van der Waals surface area contributed by atoms with Gasteiger partial charge in [-0.2, -0.15) is 10.1 Å². The van der Waals surface area contributed by atoms with Gasteiger partial charge in [0, 0.05) is 18.8 Å². The smallest absolute Gasteiger partial charge is 0.282 e. The first-order chi connectivity index (χ1) is 9.52. The van der Waals surface area contributed by atoms with Crippen LogP contribution in [-0.4, -0.2) is 25.6 Å². The Kier molecular flexibility index (Phi) is 3.57. The Labute approximate surface area is 112 Å². The molecule has 0 aliphatic rings. The number of nitrogens with two attached hydrogens (primary N) is 1. The van der Waals surface area contributed by atoms with Gasteiger partial charge in [-0.1, -0.05) is 0 Å². The number of carbonyl (C=O) groups excluding carboxylic acids is 1. The van der Waals surface area contributed by atoms with Crippen molar-refractivity contribution in [3.8, 4) is 0 Å². The largest absolute Gasteiger partial charge is 0.324 e. The molecule has 0 spiro atoms. The average molecular weight is 277 g/mol. The summed E-state index contributed by atoms with van der Waals surface area (Å²) in [6, 6.07) is 3.88. The number of amides is 1. The molecular weight excluding hydrogens is 266 g/mol. The van der Waals surface area contributed by atoms with Crippen molar-refractivity contribution in [2.75, 3.05) is 10.7 Å². The molecule has 0 aliphatic carbocycles. The number of nitrogens with one attached hydrogen (secondary N) is 2. The first-order valence-corrected chi connectivity index (χ1v) is 5.43. The van der Waals surface area contributed by atoms with Crippen LogP contribution in [0.3, 0.4) is 0 Å². The van der Waals surface area contributed by atoms with E-state index in [0.29, 0.717) is 5.69 Å². The molecule has 0 saturated carbocycles. The number of hydrazine groups is 1. The molecule has 0 atom stereocenters. The highest BCUT2D eigenvalue weighted by molar-refractivity contribution is 6.06. The van der Waals surface area contributed by atoms with Crippen LogP contribution in [0.4, 0.5) is 17.3 Å². The molecule has 1 aromatic carbocycles. The van der Waals surface area contributed by atoms with Gasteiger partial charge < -0.3 is 5.43 Å². The van der Waals surface area contributed by atoms with Gasteiger partial charge in [0.25, 0.3) is 11.6 Å². The van der Waals surface area contributed by atoms with E-state index in [9.17, 15) is 14.9 Å². The Hall–Kier alpha value is -3.01. The lowest BCUT2D eigenvalue weighted by atomic mass is 10.1. The van der Waals surface area contributed by atoms with Gasteiger partial charge in [0.2, 0.25) is 5.95 Å². The number of nitro groups is 1. The summed E-state index contributed by atoms with van der Waals surface area (Å²) in [4.78, 5) is 26.2. The highest BCUT2D eigenvalue weighted by Crippen LogP contribution is 2.23. The summed E-state index contributed by atoms with van der Waals surface area (Å²) in [6.07, 6.45) is 1.25. The molecule has 10 nitrogen and oxygen atoms in total. The molecule has 10 heteroatoms. The maximum absolute atomic E-state index is 12.1. The summed E-state index contributed by atoms with van der Waals surface area (Å²) < 4.78 is 1.33. The van der Waals surface area contributed by atoms with Crippen molar-refractivity contribution < 1.29 is 9.72 Å². The highest BCUT2D eigenvalue weighted by Gasteiger charge is 2.21. The van der Waals surface area contributed by atoms with Crippen molar-refractivity contribution in [3.05, 3.63) is 40.2 Å². The summed E-state index contributed by atoms with van der Waals surface area (Å²) in [5, 5.41) is 17.1. The van der Waals surface area contributed by atoms with Gasteiger partial charge in [-0.15, -0.1) is 0 Å². The van der Waals surface area contributed by atoms with Gasteiger partial charge in [-0.3, -0.25) is 26.1 Å². The number of aromatic nitrogens is 3. The lowest BCUT2D eigenvalue weighted by molar-refractivity contribution is -0.385. The molecule has 1 aromatic heterocycles. The van der Waals surface area contributed by atoms with E-state index in [1.54, 1.807) is 7.05 Å². The number of nitro benzene ring substituents is 1. The fourth-order valence-corrected chi connectivity index (χ4v) is 1.55. The molecule has 104 valence electrons. The molecule has 20 heavy (non-hydrogen) atoms. The number of nitrogens with zero attached hydrogens (tertiary/aromatic N) is 4. The monoisotopic (exact) mass is 277 g/mol. The standard InChI is InChI=1S/C10H11N7O3/c1-16-10(12-5-13-16)14-9(18)7-4-6(15-11)2-3-8(7)17(19)20/h2-5,15H,11H2,1H3,(H,12,13,14,18). The van der Waals surface area contributed by atoms with E-state index in [0.717, 1.165) is 0 Å². The van der Waals surface area contributed by atoms with E-state index in [-0.39, 0.29) is 17.2 Å². The molecule has 0 saturated heterocycles. The summed E-state index contributed by atoms with van der Waals surface area (Å²) in [7, 11) is 1.58. The van der Waals surface area contributed by atoms with Crippen molar-refractivity contribution in [1.29, 1.82) is 0 Å². The highest BCUT2D eigenvalue weighted by atomic mass is 16.6. The molecule has 0 radical (unpaired) electrons. The second-order valence-electron chi connectivity index (χ2n) is 3.79. The minimum absolute atomic E-state index is 0.131. The summed E-state index contributed by atoms with van der Waals surface area (Å²) in [5.41, 5.74) is 2.24. The van der Waals surface area contributed by atoms with Crippen LogP contribution in [0.1, 0.15) is 10.4 Å². The fourth-order valence-electron chi connectivity index (χ4n) is 1.55. The van der Waals surface area contributed by atoms with E-state index >= 15 is 0 Å². The van der Waals surface area contributed by atoms with E-state index in [2.05, 4.69) is 20.8 Å². The third-order valence-electron chi connectivity index (χ3n) is 2.54. The average Bonchev–Trinajstić information content (AvgIpc) is 2.83. The minimum atomic E-state index is -0.676. The van der Waals surface area contributed by atoms with E-state index in [1.807, 2.05) is 0 Å². The predicted octanol–water partition coefficient (Wildman–Crippen LogP) is 0.261. The van der Waals surface area contributed by atoms with E-state index in [1.165, 1.54) is 29.2 Å². The van der Waals surface area contributed by atoms with Crippen LogP contribution in [0, 0.1) is 10.1 Å². The van der Waals surface area contributed by atoms with Crippen LogP contribution in [0.2, 0.25) is 0 Å². The van der Waals surface area contributed by atoms with E-state index in [4.69, 9.17) is 5.84 Å². The van der Waals surface area contributed by atoms with Crippen LogP contribution < -0.4 is 16.6 Å². The maximum Gasteiger partial charge on any atom is 0.282 e. The fraction of sp³-hybridized carbons (Fsp3) is 0.100. The normalized spacial score (nSPS) is 10.1. The first kappa shape index (κ1) is 13.4.